The number of para-hydroxylation sites is 2. The Morgan fingerprint density at radius 1 is 1.18 bits per heavy atom. The number of halogens is 1. The zero-order valence-corrected chi connectivity index (χ0v) is 12.1. The molecule has 2 aromatic carbocycles. The van der Waals surface area contributed by atoms with Crippen molar-refractivity contribution in [3.8, 4) is 0 Å². The molecule has 1 aromatic heterocycles. The highest BCUT2D eigenvalue weighted by Crippen LogP contribution is 2.32. The van der Waals surface area contributed by atoms with E-state index in [0.29, 0.717) is 17.5 Å². The maximum atomic E-state index is 13.8. The molecule has 0 spiro atoms. The van der Waals surface area contributed by atoms with Crippen LogP contribution < -0.4 is 4.90 Å². The van der Waals surface area contributed by atoms with E-state index in [2.05, 4.69) is 0 Å². The van der Waals surface area contributed by atoms with Gasteiger partial charge in [-0.15, -0.1) is 0 Å². The maximum absolute atomic E-state index is 13.8. The Labute approximate surface area is 127 Å². The molecule has 0 bridgehead atoms. The lowest BCUT2D eigenvalue weighted by molar-refractivity contribution is 0.0964. The summed E-state index contributed by atoms with van der Waals surface area (Å²) in [7, 11) is 0. The SMILES string of the molecule is Cc1c(C(=O)N2CCc3ccccc32)oc2c(F)cccc12. The normalized spacial score (nSPS) is 13.6. The van der Waals surface area contributed by atoms with Crippen molar-refractivity contribution in [2.45, 2.75) is 13.3 Å². The molecular weight excluding hydrogens is 281 g/mol. The fraction of sp³-hybridized carbons (Fsp3) is 0.167. The first-order valence-electron chi connectivity index (χ1n) is 7.24. The average Bonchev–Trinajstić information content (AvgIpc) is 3.10. The number of anilines is 1. The number of nitrogens with zero attached hydrogens (tertiary/aromatic N) is 1. The van der Waals surface area contributed by atoms with Gasteiger partial charge in [-0.2, -0.15) is 0 Å². The molecular formula is C18H14FNO2. The predicted molar refractivity (Wildman–Crippen MR) is 82.7 cm³/mol. The standard InChI is InChI=1S/C18H14FNO2/c1-11-13-6-4-7-14(19)17(13)22-16(11)18(21)20-10-9-12-5-2-3-8-15(12)20/h2-8H,9-10H2,1H3. The first-order chi connectivity index (χ1) is 10.7. The molecule has 1 aliphatic rings. The summed E-state index contributed by atoms with van der Waals surface area (Å²) in [6, 6.07) is 12.6. The van der Waals surface area contributed by atoms with E-state index in [1.54, 1.807) is 24.0 Å². The highest BCUT2D eigenvalue weighted by Gasteiger charge is 2.29. The van der Waals surface area contributed by atoms with Crippen molar-refractivity contribution in [2.75, 3.05) is 11.4 Å². The molecule has 1 amide bonds. The number of benzene rings is 2. The van der Waals surface area contributed by atoms with Crippen LogP contribution in [0.3, 0.4) is 0 Å². The first-order valence-corrected chi connectivity index (χ1v) is 7.24. The number of aryl methyl sites for hydroxylation is 1. The van der Waals surface area contributed by atoms with Crippen molar-refractivity contribution in [1.82, 2.24) is 0 Å². The van der Waals surface area contributed by atoms with Crippen LogP contribution in [0.1, 0.15) is 21.7 Å². The van der Waals surface area contributed by atoms with Crippen LogP contribution in [0.15, 0.2) is 46.9 Å². The highest BCUT2D eigenvalue weighted by molar-refractivity contribution is 6.09. The Kier molecular flexibility index (Phi) is 2.79. The van der Waals surface area contributed by atoms with Gasteiger partial charge >= 0.3 is 0 Å². The predicted octanol–water partition coefficient (Wildman–Crippen LogP) is 4.08. The van der Waals surface area contributed by atoms with E-state index in [1.165, 1.54) is 6.07 Å². The summed E-state index contributed by atoms with van der Waals surface area (Å²) < 4.78 is 19.4. The van der Waals surface area contributed by atoms with Crippen molar-refractivity contribution in [2.24, 2.45) is 0 Å². The summed E-state index contributed by atoms with van der Waals surface area (Å²) in [5, 5.41) is 0.649. The summed E-state index contributed by atoms with van der Waals surface area (Å²) in [5.41, 5.74) is 2.89. The molecule has 0 unspecified atom stereocenters. The first kappa shape index (κ1) is 13.1. The summed E-state index contributed by atoms with van der Waals surface area (Å²) in [6.45, 7) is 2.41. The van der Waals surface area contributed by atoms with Gasteiger partial charge in [0.15, 0.2) is 17.2 Å². The van der Waals surface area contributed by atoms with Crippen LogP contribution in [0.2, 0.25) is 0 Å². The van der Waals surface area contributed by atoms with Gasteiger partial charge in [0.25, 0.3) is 5.91 Å². The largest absolute Gasteiger partial charge is 0.448 e. The molecule has 0 atom stereocenters. The van der Waals surface area contributed by atoms with Gasteiger partial charge in [0.1, 0.15) is 0 Å². The molecule has 0 fully saturated rings. The minimum Gasteiger partial charge on any atom is -0.448 e. The lowest BCUT2D eigenvalue weighted by Crippen LogP contribution is -2.29. The van der Waals surface area contributed by atoms with Crippen LogP contribution in [-0.2, 0) is 6.42 Å². The number of hydrogen-bond acceptors (Lipinski definition) is 2. The Bertz CT molecular complexity index is 897. The Morgan fingerprint density at radius 2 is 2.00 bits per heavy atom. The van der Waals surface area contributed by atoms with Gasteiger partial charge in [-0.3, -0.25) is 4.79 Å². The van der Waals surface area contributed by atoms with E-state index < -0.39 is 5.82 Å². The quantitative estimate of drug-likeness (QED) is 0.677. The van der Waals surface area contributed by atoms with Crippen molar-refractivity contribution in [3.05, 3.63) is 65.2 Å². The second-order valence-corrected chi connectivity index (χ2v) is 5.51. The van der Waals surface area contributed by atoms with Gasteiger partial charge in [0, 0.05) is 23.2 Å². The van der Waals surface area contributed by atoms with E-state index in [-0.39, 0.29) is 17.3 Å². The number of rotatable bonds is 1. The molecule has 22 heavy (non-hydrogen) atoms. The molecule has 2 heterocycles. The monoisotopic (exact) mass is 295 g/mol. The van der Waals surface area contributed by atoms with Gasteiger partial charge in [0.05, 0.1) is 0 Å². The molecule has 0 N–H and O–H groups in total. The summed E-state index contributed by atoms with van der Waals surface area (Å²) in [6.07, 6.45) is 0.829. The van der Waals surface area contributed by atoms with Crippen LogP contribution >= 0.6 is 0 Å². The number of fused-ring (bicyclic) bond motifs is 2. The summed E-state index contributed by atoms with van der Waals surface area (Å²) in [5.74, 6) is -0.434. The van der Waals surface area contributed by atoms with Crippen LogP contribution in [0, 0.1) is 12.7 Å². The minimum atomic E-state index is -0.443. The van der Waals surface area contributed by atoms with Crippen molar-refractivity contribution in [1.29, 1.82) is 0 Å². The average molecular weight is 295 g/mol. The number of amides is 1. The molecule has 4 rings (SSSR count). The van der Waals surface area contributed by atoms with Gasteiger partial charge in [-0.05, 0) is 31.0 Å². The molecule has 3 nitrogen and oxygen atoms in total. The van der Waals surface area contributed by atoms with Crippen LogP contribution in [0.25, 0.3) is 11.0 Å². The Balaban J connectivity index is 1.82. The van der Waals surface area contributed by atoms with E-state index in [4.69, 9.17) is 4.42 Å². The third kappa shape index (κ3) is 1.77. The molecule has 0 saturated carbocycles. The molecule has 1 aliphatic heterocycles. The maximum Gasteiger partial charge on any atom is 0.294 e. The van der Waals surface area contributed by atoms with Crippen molar-refractivity contribution < 1.29 is 13.6 Å². The Hall–Kier alpha value is -2.62. The number of furan rings is 1. The van der Waals surface area contributed by atoms with E-state index in [9.17, 15) is 9.18 Å². The minimum absolute atomic E-state index is 0.149. The lowest BCUT2D eigenvalue weighted by Gasteiger charge is -2.16. The highest BCUT2D eigenvalue weighted by atomic mass is 19.1. The van der Waals surface area contributed by atoms with Crippen LogP contribution in [0.5, 0.6) is 0 Å². The second kappa shape index (κ2) is 4.70. The fourth-order valence-electron chi connectivity index (χ4n) is 3.08. The third-order valence-electron chi connectivity index (χ3n) is 4.24. The van der Waals surface area contributed by atoms with Gasteiger partial charge in [0.2, 0.25) is 0 Å². The smallest absolute Gasteiger partial charge is 0.294 e. The summed E-state index contributed by atoms with van der Waals surface area (Å²) in [4.78, 5) is 14.5. The van der Waals surface area contributed by atoms with Gasteiger partial charge in [-0.25, -0.2) is 4.39 Å². The van der Waals surface area contributed by atoms with E-state index in [1.807, 2.05) is 24.3 Å². The molecule has 0 saturated heterocycles. The van der Waals surface area contributed by atoms with E-state index in [0.717, 1.165) is 17.7 Å². The number of hydrogen-bond donors (Lipinski definition) is 0. The number of carbonyl (C=O) groups is 1. The molecule has 0 aliphatic carbocycles. The number of carbonyl (C=O) groups excluding carboxylic acids is 1. The fourth-order valence-corrected chi connectivity index (χ4v) is 3.08. The van der Waals surface area contributed by atoms with Gasteiger partial charge in [-0.1, -0.05) is 30.3 Å². The molecule has 0 radical (unpaired) electrons. The summed E-state index contributed by atoms with van der Waals surface area (Å²) >= 11 is 0. The molecule has 3 aromatic rings. The third-order valence-corrected chi connectivity index (χ3v) is 4.24. The van der Waals surface area contributed by atoms with E-state index >= 15 is 0 Å². The topological polar surface area (TPSA) is 33.5 Å². The van der Waals surface area contributed by atoms with Crippen molar-refractivity contribution in [3.63, 3.8) is 0 Å². The van der Waals surface area contributed by atoms with Crippen LogP contribution in [-0.4, -0.2) is 12.5 Å². The van der Waals surface area contributed by atoms with Crippen molar-refractivity contribution >= 4 is 22.6 Å². The Morgan fingerprint density at radius 3 is 2.82 bits per heavy atom. The lowest BCUT2D eigenvalue weighted by atomic mass is 10.1. The molecule has 4 heteroatoms. The van der Waals surface area contributed by atoms with Gasteiger partial charge < -0.3 is 9.32 Å². The second-order valence-electron chi connectivity index (χ2n) is 5.51. The van der Waals surface area contributed by atoms with Crippen LogP contribution in [0.4, 0.5) is 10.1 Å². The zero-order chi connectivity index (χ0) is 15.3. The zero-order valence-electron chi connectivity index (χ0n) is 12.1. The molecule has 110 valence electrons.